The summed E-state index contributed by atoms with van der Waals surface area (Å²) in [6.07, 6.45) is 6.66. The Bertz CT molecular complexity index is 442. The van der Waals surface area contributed by atoms with Crippen LogP contribution >= 0.6 is 0 Å². The molecule has 1 aliphatic heterocycles. The molecule has 1 aromatic rings. The summed E-state index contributed by atoms with van der Waals surface area (Å²) in [7, 11) is 0. The Hall–Kier alpha value is -1.39. The predicted molar refractivity (Wildman–Crippen MR) is 79.6 cm³/mol. The number of nitrogens with one attached hydrogen (secondary N) is 1. The minimum Gasteiger partial charge on any atom is -0.481 e. The molecule has 1 aliphatic carbocycles. The van der Waals surface area contributed by atoms with Crippen LogP contribution in [-0.4, -0.2) is 23.7 Å². The van der Waals surface area contributed by atoms with E-state index in [1.807, 2.05) is 24.3 Å². The molecule has 1 heterocycles. The minimum absolute atomic E-state index is 0.384. The van der Waals surface area contributed by atoms with Crippen molar-refractivity contribution >= 4 is 5.97 Å². The van der Waals surface area contributed by atoms with E-state index in [4.69, 9.17) is 10.8 Å². The van der Waals surface area contributed by atoms with E-state index in [9.17, 15) is 4.79 Å². The number of benzene rings is 1. The fourth-order valence-corrected chi connectivity index (χ4v) is 2.85. The van der Waals surface area contributed by atoms with Crippen LogP contribution in [0.3, 0.4) is 0 Å². The number of carboxylic acids is 1. The van der Waals surface area contributed by atoms with Crippen LogP contribution in [-0.2, 0) is 11.3 Å². The van der Waals surface area contributed by atoms with Gasteiger partial charge >= 0.3 is 5.97 Å². The van der Waals surface area contributed by atoms with Gasteiger partial charge in [0.15, 0.2) is 0 Å². The van der Waals surface area contributed by atoms with Crippen LogP contribution in [0.5, 0.6) is 0 Å². The second-order valence-electron chi connectivity index (χ2n) is 5.62. The highest BCUT2D eigenvalue weighted by molar-refractivity contribution is 5.77. The van der Waals surface area contributed by atoms with Crippen molar-refractivity contribution in [1.29, 1.82) is 0 Å². The van der Waals surface area contributed by atoms with E-state index in [1.54, 1.807) is 0 Å². The van der Waals surface area contributed by atoms with Crippen molar-refractivity contribution in [3.8, 4) is 0 Å². The number of rotatable bonds is 1. The fourth-order valence-electron chi connectivity index (χ4n) is 2.85. The molecule has 4 N–H and O–H groups in total. The number of nitrogens with two attached hydrogens (primary N) is 1. The Morgan fingerprint density at radius 1 is 1.20 bits per heavy atom. The largest absolute Gasteiger partial charge is 0.481 e. The van der Waals surface area contributed by atoms with Crippen LogP contribution in [0.4, 0.5) is 0 Å². The maximum atomic E-state index is 10.9. The van der Waals surface area contributed by atoms with Crippen LogP contribution in [0.15, 0.2) is 24.3 Å². The van der Waals surface area contributed by atoms with Crippen molar-refractivity contribution in [2.75, 3.05) is 6.54 Å². The highest BCUT2D eigenvalue weighted by atomic mass is 16.4. The van der Waals surface area contributed by atoms with Gasteiger partial charge in [-0.05, 0) is 24.0 Å². The lowest BCUT2D eigenvalue weighted by Gasteiger charge is -2.22. The third-order valence-corrected chi connectivity index (χ3v) is 4.04. The summed E-state index contributed by atoms with van der Waals surface area (Å²) in [4.78, 5) is 10.9. The highest BCUT2D eigenvalue weighted by Gasteiger charge is 2.24. The van der Waals surface area contributed by atoms with E-state index in [-0.39, 0.29) is 5.92 Å². The van der Waals surface area contributed by atoms with Crippen molar-refractivity contribution < 1.29 is 9.90 Å². The number of hydrogen-bond acceptors (Lipinski definition) is 3. The quantitative estimate of drug-likeness (QED) is 0.735. The summed E-state index contributed by atoms with van der Waals surface area (Å²) < 4.78 is 0. The average molecular weight is 276 g/mol. The Labute approximate surface area is 120 Å². The van der Waals surface area contributed by atoms with Gasteiger partial charge < -0.3 is 16.2 Å². The fraction of sp³-hybridized carbons (Fsp3) is 0.562. The number of carbonyl (C=O) groups is 1. The first-order chi connectivity index (χ1) is 9.68. The molecule has 0 saturated heterocycles. The van der Waals surface area contributed by atoms with Gasteiger partial charge in [-0.25, -0.2) is 0 Å². The van der Waals surface area contributed by atoms with E-state index < -0.39 is 5.97 Å². The van der Waals surface area contributed by atoms with Crippen LogP contribution in [0, 0.1) is 0 Å². The molecule has 1 aromatic carbocycles. The molecule has 0 radical (unpaired) electrons. The SMILES string of the molecule is NC1CCCCC1.O=C(O)C1CNCc2ccccc21. The third-order valence-electron chi connectivity index (χ3n) is 4.04. The molecule has 110 valence electrons. The molecule has 1 fully saturated rings. The van der Waals surface area contributed by atoms with E-state index in [0.717, 1.165) is 17.7 Å². The molecule has 1 atom stereocenters. The van der Waals surface area contributed by atoms with Gasteiger partial charge in [-0.1, -0.05) is 43.5 Å². The Kier molecular flexibility index (Phi) is 5.56. The smallest absolute Gasteiger partial charge is 0.312 e. The van der Waals surface area contributed by atoms with Crippen LogP contribution < -0.4 is 11.1 Å². The zero-order valence-corrected chi connectivity index (χ0v) is 11.8. The van der Waals surface area contributed by atoms with Gasteiger partial charge in [-0.3, -0.25) is 4.79 Å². The molecule has 4 nitrogen and oxygen atoms in total. The van der Waals surface area contributed by atoms with Gasteiger partial charge in [0.25, 0.3) is 0 Å². The summed E-state index contributed by atoms with van der Waals surface area (Å²) in [5, 5.41) is 12.0. The van der Waals surface area contributed by atoms with E-state index in [0.29, 0.717) is 12.6 Å². The van der Waals surface area contributed by atoms with E-state index in [1.165, 1.54) is 32.1 Å². The molecule has 0 spiro atoms. The third kappa shape index (κ3) is 4.05. The summed E-state index contributed by atoms with van der Waals surface area (Å²) in [6.45, 7) is 1.31. The van der Waals surface area contributed by atoms with Crippen molar-refractivity contribution in [3.05, 3.63) is 35.4 Å². The lowest BCUT2D eigenvalue weighted by molar-refractivity contribution is -0.138. The van der Waals surface area contributed by atoms with Crippen LogP contribution in [0.25, 0.3) is 0 Å². The standard InChI is InChI=1S/C10H11NO2.C6H13N/c12-10(13)9-6-11-5-7-3-1-2-4-8(7)9;7-6-4-2-1-3-5-6/h1-4,9,11H,5-6H2,(H,12,13);6H,1-5,7H2. The number of fused-ring (bicyclic) bond motifs is 1. The molecule has 2 aliphatic rings. The molecule has 20 heavy (non-hydrogen) atoms. The molecule has 1 unspecified atom stereocenters. The topological polar surface area (TPSA) is 75.4 Å². The van der Waals surface area contributed by atoms with Crippen LogP contribution in [0.1, 0.15) is 49.1 Å². The first-order valence-corrected chi connectivity index (χ1v) is 7.45. The van der Waals surface area contributed by atoms with Gasteiger partial charge in [0.05, 0.1) is 5.92 Å². The van der Waals surface area contributed by atoms with Gasteiger partial charge in [0, 0.05) is 19.1 Å². The van der Waals surface area contributed by atoms with Gasteiger partial charge in [-0.2, -0.15) is 0 Å². The second-order valence-corrected chi connectivity index (χ2v) is 5.62. The monoisotopic (exact) mass is 276 g/mol. The van der Waals surface area contributed by atoms with Gasteiger partial charge in [-0.15, -0.1) is 0 Å². The molecule has 3 rings (SSSR count). The van der Waals surface area contributed by atoms with E-state index in [2.05, 4.69) is 5.32 Å². The predicted octanol–water partition coefficient (Wildman–Crippen LogP) is 2.24. The number of hydrogen-bond donors (Lipinski definition) is 3. The minimum atomic E-state index is -0.750. The Morgan fingerprint density at radius 3 is 2.50 bits per heavy atom. The molecule has 1 saturated carbocycles. The first kappa shape index (κ1) is 15.0. The summed E-state index contributed by atoms with van der Waals surface area (Å²) >= 11 is 0. The van der Waals surface area contributed by atoms with Crippen LogP contribution in [0.2, 0.25) is 0 Å². The molecule has 4 heteroatoms. The van der Waals surface area contributed by atoms with Crippen molar-refractivity contribution in [1.82, 2.24) is 5.32 Å². The Balaban J connectivity index is 0.000000178. The maximum Gasteiger partial charge on any atom is 0.312 e. The zero-order valence-electron chi connectivity index (χ0n) is 11.8. The van der Waals surface area contributed by atoms with E-state index >= 15 is 0 Å². The molecular formula is C16H24N2O2. The number of carboxylic acid groups (broad SMARTS) is 1. The summed E-state index contributed by atoms with van der Waals surface area (Å²) in [5.74, 6) is -1.13. The Morgan fingerprint density at radius 2 is 1.90 bits per heavy atom. The normalized spacial score (nSPS) is 22.4. The van der Waals surface area contributed by atoms with Crippen molar-refractivity contribution in [3.63, 3.8) is 0 Å². The molecule has 0 bridgehead atoms. The van der Waals surface area contributed by atoms with Gasteiger partial charge in [0.2, 0.25) is 0 Å². The van der Waals surface area contributed by atoms with Crippen molar-refractivity contribution in [2.45, 2.75) is 50.6 Å². The molecule has 0 amide bonds. The maximum absolute atomic E-state index is 10.9. The number of aliphatic carboxylic acids is 1. The summed E-state index contributed by atoms with van der Waals surface area (Å²) in [6, 6.07) is 8.23. The van der Waals surface area contributed by atoms with Gasteiger partial charge in [0.1, 0.15) is 0 Å². The molecular weight excluding hydrogens is 252 g/mol. The lowest BCUT2D eigenvalue weighted by Crippen LogP contribution is -2.32. The van der Waals surface area contributed by atoms with Crippen molar-refractivity contribution in [2.24, 2.45) is 5.73 Å². The molecule has 0 aromatic heterocycles. The lowest BCUT2D eigenvalue weighted by atomic mass is 9.91. The average Bonchev–Trinajstić information content (AvgIpc) is 2.48. The summed E-state index contributed by atoms with van der Waals surface area (Å²) in [5.41, 5.74) is 7.69. The zero-order chi connectivity index (χ0) is 14.4. The first-order valence-electron chi connectivity index (χ1n) is 7.45. The highest BCUT2D eigenvalue weighted by Crippen LogP contribution is 2.23. The second kappa shape index (κ2) is 7.41.